The van der Waals surface area contributed by atoms with Gasteiger partial charge in [0.05, 0.1) is 13.4 Å². The van der Waals surface area contributed by atoms with Crippen molar-refractivity contribution in [2.24, 2.45) is 5.92 Å². The van der Waals surface area contributed by atoms with Crippen LogP contribution >= 0.6 is 0 Å². The third-order valence-electron chi connectivity index (χ3n) is 3.25. The minimum absolute atomic E-state index is 0.0969. The van der Waals surface area contributed by atoms with Crippen molar-refractivity contribution in [3.63, 3.8) is 0 Å². The maximum atomic E-state index is 9.83. The van der Waals surface area contributed by atoms with Gasteiger partial charge in [-0.2, -0.15) is 0 Å². The fourth-order valence-corrected chi connectivity index (χ4v) is 2.04. The first-order valence-corrected chi connectivity index (χ1v) is 7.70. The van der Waals surface area contributed by atoms with E-state index >= 15 is 0 Å². The van der Waals surface area contributed by atoms with E-state index in [1.165, 1.54) is 7.11 Å². The van der Waals surface area contributed by atoms with Crippen LogP contribution in [0.15, 0.2) is 48.7 Å². The number of benzene rings is 2. The molecule has 0 saturated heterocycles. The molecular formula is C20H22O4. The molecule has 0 unspecified atom stereocenters. The Labute approximate surface area is 142 Å². The van der Waals surface area contributed by atoms with Gasteiger partial charge in [-0.1, -0.05) is 32.1 Å². The molecule has 2 N–H and O–H groups in total. The van der Waals surface area contributed by atoms with Crippen molar-refractivity contribution >= 4 is 12.2 Å². The molecule has 0 aliphatic carbocycles. The number of hydrogen-bond acceptors (Lipinski definition) is 4. The summed E-state index contributed by atoms with van der Waals surface area (Å²) in [5.74, 6) is 1.60. The number of hydrogen-bond donors (Lipinski definition) is 2. The summed E-state index contributed by atoms with van der Waals surface area (Å²) in [5.41, 5.74) is 1.67. The second-order valence-electron chi connectivity index (χ2n) is 5.72. The van der Waals surface area contributed by atoms with Gasteiger partial charge < -0.3 is 19.7 Å². The van der Waals surface area contributed by atoms with E-state index in [0.29, 0.717) is 17.4 Å². The van der Waals surface area contributed by atoms with E-state index in [1.54, 1.807) is 36.6 Å². The molecule has 0 aliphatic rings. The first-order valence-electron chi connectivity index (χ1n) is 7.70. The summed E-state index contributed by atoms with van der Waals surface area (Å²) in [6, 6.07) is 10.1. The van der Waals surface area contributed by atoms with Crippen LogP contribution in [-0.2, 0) is 0 Å². The Morgan fingerprint density at radius 3 is 2.42 bits per heavy atom. The van der Waals surface area contributed by atoms with E-state index in [4.69, 9.17) is 9.47 Å². The average molecular weight is 326 g/mol. The Morgan fingerprint density at radius 1 is 0.958 bits per heavy atom. The summed E-state index contributed by atoms with van der Waals surface area (Å²) >= 11 is 0. The molecule has 126 valence electrons. The number of aromatic hydroxyl groups is 2. The molecule has 0 heterocycles. The minimum Gasteiger partial charge on any atom is -0.508 e. The number of ether oxygens (including phenoxy) is 2. The highest BCUT2D eigenvalue weighted by Crippen LogP contribution is 2.28. The van der Waals surface area contributed by atoms with Crippen LogP contribution in [0.2, 0.25) is 0 Å². The number of rotatable bonds is 6. The molecule has 2 aromatic rings. The monoisotopic (exact) mass is 326 g/mol. The average Bonchev–Trinajstić information content (AvgIpc) is 2.53. The van der Waals surface area contributed by atoms with Crippen LogP contribution in [0.5, 0.6) is 23.0 Å². The standard InChI is InChI=1S/C20H22O4/c1-14(2)8-9-24-18-11-16(10-17(21)13-18)5-4-15-6-7-19(22)20(12-15)23-3/h4-14,21-22H,1-3H3/b5-4+,9-8+. The van der Waals surface area contributed by atoms with Crippen LogP contribution in [0.4, 0.5) is 0 Å². The molecule has 2 rings (SSSR count). The van der Waals surface area contributed by atoms with Crippen molar-refractivity contribution < 1.29 is 19.7 Å². The van der Waals surface area contributed by atoms with Crippen LogP contribution in [0.3, 0.4) is 0 Å². The van der Waals surface area contributed by atoms with Gasteiger partial charge in [0.1, 0.15) is 11.5 Å². The Bertz CT molecular complexity index is 745. The normalized spacial score (nSPS) is 11.5. The molecule has 2 aromatic carbocycles. The van der Waals surface area contributed by atoms with E-state index in [0.717, 1.165) is 11.1 Å². The summed E-state index contributed by atoms with van der Waals surface area (Å²) in [5, 5.41) is 19.4. The molecule has 4 nitrogen and oxygen atoms in total. The predicted octanol–water partition coefficient (Wildman–Crippen LogP) is 4.83. The summed E-state index contributed by atoms with van der Waals surface area (Å²) in [7, 11) is 1.51. The highest BCUT2D eigenvalue weighted by Gasteiger charge is 2.02. The molecule has 0 aromatic heterocycles. The number of allylic oxidation sites excluding steroid dienone is 1. The first-order chi connectivity index (χ1) is 11.5. The molecule has 0 fully saturated rings. The lowest BCUT2D eigenvalue weighted by Gasteiger charge is -2.05. The molecule has 0 atom stereocenters. The second kappa shape index (κ2) is 8.11. The predicted molar refractivity (Wildman–Crippen MR) is 96.3 cm³/mol. The molecule has 0 spiro atoms. The number of phenolic OH excluding ortho intramolecular Hbond substituents is 2. The SMILES string of the molecule is COc1cc(/C=C/c2cc(O)cc(O/C=C/C(C)C)c2)ccc1O. The summed E-state index contributed by atoms with van der Waals surface area (Å²) in [4.78, 5) is 0. The Hall–Kier alpha value is -2.88. The van der Waals surface area contributed by atoms with Crippen molar-refractivity contribution in [2.75, 3.05) is 7.11 Å². The van der Waals surface area contributed by atoms with Gasteiger partial charge in [-0.3, -0.25) is 0 Å². The molecule has 4 heteroatoms. The van der Waals surface area contributed by atoms with Crippen LogP contribution in [-0.4, -0.2) is 17.3 Å². The lowest BCUT2D eigenvalue weighted by Crippen LogP contribution is -1.86. The Morgan fingerprint density at radius 2 is 1.71 bits per heavy atom. The highest BCUT2D eigenvalue weighted by molar-refractivity contribution is 5.72. The third-order valence-corrected chi connectivity index (χ3v) is 3.25. The van der Waals surface area contributed by atoms with Crippen molar-refractivity contribution in [1.82, 2.24) is 0 Å². The summed E-state index contributed by atoms with van der Waals surface area (Å²) in [6.45, 7) is 4.12. The van der Waals surface area contributed by atoms with Gasteiger partial charge in [0.25, 0.3) is 0 Å². The van der Waals surface area contributed by atoms with Crippen LogP contribution in [0, 0.1) is 5.92 Å². The Balaban J connectivity index is 2.18. The first kappa shape index (κ1) is 17.5. The van der Waals surface area contributed by atoms with Crippen molar-refractivity contribution in [3.05, 3.63) is 59.9 Å². The largest absolute Gasteiger partial charge is 0.508 e. The van der Waals surface area contributed by atoms with Gasteiger partial charge in [-0.15, -0.1) is 0 Å². The van der Waals surface area contributed by atoms with Crippen LogP contribution in [0.1, 0.15) is 25.0 Å². The molecule has 0 saturated carbocycles. The summed E-state index contributed by atoms with van der Waals surface area (Å²) in [6.07, 6.45) is 7.27. The lowest BCUT2D eigenvalue weighted by atomic mass is 10.1. The fraction of sp³-hybridized carbons (Fsp3) is 0.200. The maximum absolute atomic E-state index is 9.83. The fourth-order valence-electron chi connectivity index (χ4n) is 2.04. The Kier molecular flexibility index (Phi) is 5.90. The zero-order valence-corrected chi connectivity index (χ0v) is 14.1. The summed E-state index contributed by atoms with van der Waals surface area (Å²) < 4.78 is 10.6. The van der Waals surface area contributed by atoms with Gasteiger partial charge in [-0.05, 0) is 47.4 Å². The highest BCUT2D eigenvalue weighted by atomic mass is 16.5. The molecule has 24 heavy (non-hydrogen) atoms. The lowest BCUT2D eigenvalue weighted by molar-refractivity contribution is 0.373. The molecular weight excluding hydrogens is 304 g/mol. The van der Waals surface area contributed by atoms with Gasteiger partial charge in [-0.25, -0.2) is 0 Å². The number of methoxy groups -OCH3 is 1. The zero-order chi connectivity index (χ0) is 17.5. The van der Waals surface area contributed by atoms with Crippen molar-refractivity contribution in [3.8, 4) is 23.0 Å². The van der Waals surface area contributed by atoms with E-state index in [9.17, 15) is 10.2 Å². The van der Waals surface area contributed by atoms with Crippen LogP contribution < -0.4 is 9.47 Å². The topological polar surface area (TPSA) is 58.9 Å². The van der Waals surface area contributed by atoms with Crippen molar-refractivity contribution in [1.29, 1.82) is 0 Å². The number of phenols is 2. The quantitative estimate of drug-likeness (QED) is 0.590. The minimum atomic E-state index is 0.0969. The van der Waals surface area contributed by atoms with E-state index < -0.39 is 0 Å². The van der Waals surface area contributed by atoms with Crippen LogP contribution in [0.25, 0.3) is 12.2 Å². The van der Waals surface area contributed by atoms with E-state index in [2.05, 4.69) is 13.8 Å². The van der Waals surface area contributed by atoms with Crippen molar-refractivity contribution in [2.45, 2.75) is 13.8 Å². The van der Waals surface area contributed by atoms with Gasteiger partial charge >= 0.3 is 0 Å². The molecule has 0 aliphatic heterocycles. The molecule has 0 radical (unpaired) electrons. The van der Waals surface area contributed by atoms with E-state index in [1.807, 2.05) is 24.3 Å². The third kappa shape index (κ3) is 5.09. The molecule has 0 bridgehead atoms. The van der Waals surface area contributed by atoms with E-state index in [-0.39, 0.29) is 11.5 Å². The zero-order valence-electron chi connectivity index (χ0n) is 14.1. The maximum Gasteiger partial charge on any atom is 0.161 e. The molecule has 0 amide bonds. The second-order valence-corrected chi connectivity index (χ2v) is 5.72. The van der Waals surface area contributed by atoms with Gasteiger partial charge in [0, 0.05) is 6.07 Å². The van der Waals surface area contributed by atoms with Gasteiger partial charge in [0.15, 0.2) is 11.5 Å². The smallest absolute Gasteiger partial charge is 0.161 e. The van der Waals surface area contributed by atoms with Gasteiger partial charge in [0.2, 0.25) is 0 Å².